The average molecular weight is 508 g/mol. The zero-order valence-electron chi connectivity index (χ0n) is 18.9. The topological polar surface area (TPSA) is 184 Å². The van der Waals surface area contributed by atoms with Crippen LogP contribution >= 0.6 is 7.82 Å². The Hall–Kier alpha value is -1.64. The van der Waals surface area contributed by atoms with E-state index in [-0.39, 0.29) is 72.0 Å². The molecule has 1 radical (unpaired) electrons. The molecule has 4 rings (SSSR count). The van der Waals surface area contributed by atoms with Gasteiger partial charge in [-0.05, 0) is 12.8 Å². The maximum absolute atomic E-state index is 12.5. The van der Waals surface area contributed by atoms with Crippen LogP contribution < -0.4 is 10.9 Å². The molecule has 14 nitrogen and oxygen atoms in total. The number of imidazole rings is 1. The van der Waals surface area contributed by atoms with Crippen LogP contribution in [-0.4, -0.2) is 90.8 Å². The van der Waals surface area contributed by atoms with Gasteiger partial charge >= 0.3 is 13.8 Å². The van der Waals surface area contributed by atoms with Crippen LogP contribution in [0, 0.1) is 0 Å². The van der Waals surface area contributed by atoms with E-state index >= 15 is 0 Å². The molecular weight excluding hydrogens is 484 g/mol. The summed E-state index contributed by atoms with van der Waals surface area (Å²) in [7, 11) is -4.36. The maximum Gasteiger partial charge on any atom is 0.472 e. The minimum absolute atomic E-state index is 0. The van der Waals surface area contributed by atoms with Crippen LogP contribution in [0.15, 0.2) is 11.1 Å². The first-order valence-corrected chi connectivity index (χ1v) is 12.0. The number of hydrogen-bond acceptors (Lipinski definition) is 10. The summed E-state index contributed by atoms with van der Waals surface area (Å²) in [5.74, 6) is -0.964. The van der Waals surface area contributed by atoms with E-state index in [1.54, 1.807) is 6.92 Å². The number of nitrogens with one attached hydrogen (secondary N) is 2. The first-order chi connectivity index (χ1) is 15.7. The van der Waals surface area contributed by atoms with Gasteiger partial charge in [-0.3, -0.25) is 38.3 Å². The summed E-state index contributed by atoms with van der Waals surface area (Å²) in [6.45, 7) is 3.37. The molecule has 0 spiro atoms. The number of amides is 1. The molecule has 4 heterocycles. The SMILES string of the molecule is CCCC(=O)Nc1nc2c(ncn2C2OC3COP(=O)(O)OC3C2OC(=O)CCC)c(=O)[nH]1.[Na]. The van der Waals surface area contributed by atoms with Crippen molar-refractivity contribution in [1.29, 1.82) is 0 Å². The predicted molar refractivity (Wildman–Crippen MR) is 117 cm³/mol. The number of aromatic nitrogens is 4. The zero-order valence-corrected chi connectivity index (χ0v) is 21.8. The fourth-order valence-electron chi connectivity index (χ4n) is 3.68. The number of carbonyl (C=O) groups excluding carboxylic acids is 2. The molecule has 2 aromatic heterocycles. The Morgan fingerprint density at radius 1 is 1.35 bits per heavy atom. The van der Waals surface area contributed by atoms with Crippen molar-refractivity contribution >= 4 is 66.4 Å². The zero-order chi connectivity index (χ0) is 23.8. The van der Waals surface area contributed by atoms with E-state index in [4.69, 9.17) is 18.5 Å². The number of rotatable bonds is 7. The third-order valence-electron chi connectivity index (χ3n) is 5.11. The Balaban J connectivity index is 0.00000324. The molecule has 0 aromatic carbocycles. The molecule has 181 valence electrons. The molecule has 5 atom stereocenters. The Morgan fingerprint density at radius 2 is 2.09 bits per heavy atom. The smallest absolute Gasteiger partial charge is 0.455 e. The van der Waals surface area contributed by atoms with Crippen molar-refractivity contribution < 1.29 is 37.6 Å². The predicted octanol–water partition coefficient (Wildman–Crippen LogP) is 0.602. The molecule has 2 aromatic rings. The fraction of sp³-hybridized carbons (Fsp3) is 0.611. The molecule has 3 N–H and O–H groups in total. The number of nitrogens with zero attached hydrogens (tertiary/aromatic N) is 3. The standard InChI is InChI=1S/C18H24N5O9P.Na/c1-3-5-10(24)20-18-21-15-12(16(26)22-18)19-8-23(15)17-14(31-11(25)6-4-2)13-9(30-17)7-29-33(27,28)32-13;/h8-9,13-14,17H,3-7H2,1-2H3,(H,27,28)(H2,20,21,22,24,26);. The van der Waals surface area contributed by atoms with Crippen LogP contribution in [0.5, 0.6) is 0 Å². The summed E-state index contributed by atoms with van der Waals surface area (Å²) < 4.78 is 34.8. The largest absolute Gasteiger partial charge is 0.472 e. The van der Waals surface area contributed by atoms with Gasteiger partial charge in [0.25, 0.3) is 5.56 Å². The minimum Gasteiger partial charge on any atom is -0.455 e. The molecule has 34 heavy (non-hydrogen) atoms. The second kappa shape index (κ2) is 11.0. The normalized spacial score (nSPS) is 28.2. The summed E-state index contributed by atoms with van der Waals surface area (Å²) in [6.07, 6.45) is -1.39. The summed E-state index contributed by atoms with van der Waals surface area (Å²) in [6, 6.07) is 0. The average Bonchev–Trinajstić information content (AvgIpc) is 3.29. The molecule has 2 saturated heterocycles. The summed E-state index contributed by atoms with van der Waals surface area (Å²) in [4.78, 5) is 57.2. The number of phosphoric acid groups is 1. The van der Waals surface area contributed by atoms with Gasteiger partial charge in [0.2, 0.25) is 11.9 Å². The minimum atomic E-state index is -4.36. The van der Waals surface area contributed by atoms with Crippen molar-refractivity contribution in [2.45, 2.75) is 64.1 Å². The quantitative estimate of drug-likeness (QED) is 0.270. The molecule has 0 saturated carbocycles. The third-order valence-corrected chi connectivity index (χ3v) is 6.09. The van der Waals surface area contributed by atoms with Crippen molar-refractivity contribution in [2.24, 2.45) is 0 Å². The maximum atomic E-state index is 12.5. The van der Waals surface area contributed by atoms with E-state index in [9.17, 15) is 23.8 Å². The number of fused-ring (bicyclic) bond motifs is 2. The number of aromatic amines is 1. The van der Waals surface area contributed by atoms with Gasteiger partial charge in [-0.1, -0.05) is 13.8 Å². The van der Waals surface area contributed by atoms with Crippen molar-refractivity contribution in [1.82, 2.24) is 19.5 Å². The second-order valence-corrected chi connectivity index (χ2v) is 9.05. The third kappa shape index (κ3) is 5.60. The van der Waals surface area contributed by atoms with Gasteiger partial charge in [-0.2, -0.15) is 4.98 Å². The van der Waals surface area contributed by atoms with Gasteiger partial charge in [0, 0.05) is 42.4 Å². The van der Waals surface area contributed by atoms with Crippen LogP contribution in [0.3, 0.4) is 0 Å². The van der Waals surface area contributed by atoms with Crippen molar-refractivity contribution in [3.8, 4) is 0 Å². The Labute approximate surface area is 215 Å². The molecule has 0 bridgehead atoms. The van der Waals surface area contributed by atoms with Crippen molar-refractivity contribution in [2.75, 3.05) is 11.9 Å². The van der Waals surface area contributed by atoms with E-state index in [2.05, 4.69) is 20.3 Å². The van der Waals surface area contributed by atoms with Crippen LogP contribution in [0.4, 0.5) is 5.95 Å². The van der Waals surface area contributed by atoms with E-state index in [0.29, 0.717) is 12.8 Å². The summed E-state index contributed by atoms with van der Waals surface area (Å²) >= 11 is 0. The number of ether oxygens (including phenoxy) is 2. The van der Waals surface area contributed by atoms with Crippen LogP contribution in [0.2, 0.25) is 0 Å². The van der Waals surface area contributed by atoms with E-state index in [1.807, 2.05) is 6.92 Å². The van der Waals surface area contributed by atoms with Crippen molar-refractivity contribution in [3.63, 3.8) is 0 Å². The van der Waals surface area contributed by atoms with Gasteiger partial charge < -0.3 is 14.4 Å². The van der Waals surface area contributed by atoms with E-state index < -0.39 is 43.9 Å². The Morgan fingerprint density at radius 3 is 2.79 bits per heavy atom. The van der Waals surface area contributed by atoms with E-state index in [1.165, 1.54) is 10.9 Å². The molecule has 1 amide bonds. The van der Waals surface area contributed by atoms with Crippen molar-refractivity contribution in [3.05, 3.63) is 16.7 Å². The molecular formula is C18H24N5NaO9P. The Kier molecular flexibility index (Phi) is 8.69. The van der Waals surface area contributed by atoms with Gasteiger partial charge in [-0.25, -0.2) is 9.55 Å². The number of H-pyrrole nitrogens is 1. The molecule has 2 fully saturated rings. The fourth-order valence-corrected chi connectivity index (χ4v) is 4.64. The first kappa shape index (κ1) is 27.0. The van der Waals surface area contributed by atoms with Gasteiger partial charge in [-0.15, -0.1) is 0 Å². The number of carbonyl (C=O) groups is 2. The van der Waals surface area contributed by atoms with Crippen LogP contribution in [0.1, 0.15) is 45.8 Å². The molecule has 0 aliphatic carbocycles. The number of hydrogen-bond donors (Lipinski definition) is 3. The van der Waals surface area contributed by atoms with E-state index in [0.717, 1.165) is 0 Å². The molecule has 2 aliphatic rings. The second-order valence-electron chi connectivity index (χ2n) is 7.64. The molecule has 5 unspecified atom stereocenters. The number of anilines is 1. The van der Waals surface area contributed by atoms with Crippen LogP contribution in [0.25, 0.3) is 11.2 Å². The monoisotopic (exact) mass is 508 g/mol. The van der Waals surface area contributed by atoms with Gasteiger partial charge in [0.05, 0.1) is 12.9 Å². The van der Waals surface area contributed by atoms with Crippen LogP contribution in [-0.2, 0) is 32.7 Å². The first-order valence-electron chi connectivity index (χ1n) is 10.5. The number of phosphoric ester groups is 1. The molecule has 2 aliphatic heterocycles. The Bertz CT molecular complexity index is 1170. The van der Waals surface area contributed by atoms with Gasteiger partial charge in [0.15, 0.2) is 23.5 Å². The van der Waals surface area contributed by atoms with Gasteiger partial charge in [0.1, 0.15) is 12.2 Å². The number of esters is 1. The summed E-state index contributed by atoms with van der Waals surface area (Å²) in [5.41, 5.74) is -0.579. The summed E-state index contributed by atoms with van der Waals surface area (Å²) in [5, 5.41) is 2.52. The molecule has 16 heteroatoms.